The Morgan fingerprint density at radius 1 is 1.07 bits per heavy atom. The number of rotatable bonds is 6. The van der Waals surface area contributed by atoms with Crippen LogP contribution in [0.2, 0.25) is 0 Å². The number of H-pyrrole nitrogens is 1. The first-order valence-electron chi connectivity index (χ1n) is 9.12. The number of halogens is 1. The van der Waals surface area contributed by atoms with E-state index in [1.54, 1.807) is 36.8 Å². The van der Waals surface area contributed by atoms with Gasteiger partial charge in [0.2, 0.25) is 5.91 Å². The van der Waals surface area contributed by atoms with Crippen LogP contribution in [0.3, 0.4) is 0 Å². The lowest BCUT2D eigenvalue weighted by molar-refractivity contribution is -0.116. The van der Waals surface area contributed by atoms with Crippen LogP contribution < -0.4 is 5.32 Å². The van der Waals surface area contributed by atoms with Crippen molar-refractivity contribution in [1.82, 2.24) is 15.0 Å². The Kier molecular flexibility index (Phi) is 5.10. The minimum atomic E-state index is -0.282. The van der Waals surface area contributed by atoms with Crippen LogP contribution in [0.1, 0.15) is 18.4 Å². The highest BCUT2D eigenvalue weighted by Gasteiger charge is 2.15. The fourth-order valence-electron chi connectivity index (χ4n) is 3.29. The van der Waals surface area contributed by atoms with Gasteiger partial charge in [0.15, 0.2) is 0 Å². The summed E-state index contributed by atoms with van der Waals surface area (Å²) in [5.41, 5.74) is 4.23. The highest BCUT2D eigenvalue weighted by Crippen LogP contribution is 2.31. The molecule has 3 aromatic heterocycles. The first kappa shape index (κ1) is 17.9. The summed E-state index contributed by atoms with van der Waals surface area (Å²) in [6.07, 6.45) is 6.64. The normalized spacial score (nSPS) is 10.9. The number of amides is 1. The van der Waals surface area contributed by atoms with Gasteiger partial charge in [-0.25, -0.2) is 4.39 Å². The van der Waals surface area contributed by atoms with E-state index in [9.17, 15) is 9.18 Å². The molecule has 0 aliphatic carbocycles. The van der Waals surface area contributed by atoms with Gasteiger partial charge in [-0.3, -0.25) is 14.8 Å². The van der Waals surface area contributed by atoms with Crippen molar-refractivity contribution in [2.24, 2.45) is 0 Å². The standard InChI is InChI=1S/C22H19FN4O/c23-15-7-8-19-18(14-15)17(22(27-19)20-5-1-2-11-25-20)4-3-6-21(28)26-16-9-12-24-13-10-16/h1-2,5,7-14,27H,3-4,6H2,(H,24,26,28). The van der Waals surface area contributed by atoms with Crippen LogP contribution in [0.5, 0.6) is 0 Å². The fourth-order valence-corrected chi connectivity index (χ4v) is 3.29. The molecule has 0 radical (unpaired) electrons. The van der Waals surface area contributed by atoms with Crippen LogP contribution in [-0.4, -0.2) is 20.9 Å². The summed E-state index contributed by atoms with van der Waals surface area (Å²) in [4.78, 5) is 23.9. The molecule has 0 fully saturated rings. The van der Waals surface area contributed by atoms with Crippen molar-refractivity contribution in [3.05, 3.63) is 78.5 Å². The molecule has 0 saturated carbocycles. The predicted octanol–water partition coefficient (Wildman–Crippen LogP) is 4.73. The summed E-state index contributed by atoms with van der Waals surface area (Å²) < 4.78 is 13.8. The Hall–Kier alpha value is -3.54. The van der Waals surface area contributed by atoms with Gasteiger partial charge in [0, 0.05) is 41.6 Å². The Morgan fingerprint density at radius 2 is 1.93 bits per heavy atom. The molecular weight excluding hydrogens is 355 g/mol. The Balaban J connectivity index is 1.54. The number of anilines is 1. The van der Waals surface area contributed by atoms with Crippen LogP contribution in [-0.2, 0) is 11.2 Å². The lowest BCUT2D eigenvalue weighted by Crippen LogP contribution is -2.11. The molecule has 28 heavy (non-hydrogen) atoms. The molecule has 0 unspecified atom stereocenters. The molecule has 0 bridgehead atoms. The maximum Gasteiger partial charge on any atom is 0.224 e. The minimum absolute atomic E-state index is 0.0587. The smallest absolute Gasteiger partial charge is 0.224 e. The largest absolute Gasteiger partial charge is 0.353 e. The molecule has 2 N–H and O–H groups in total. The summed E-state index contributed by atoms with van der Waals surface area (Å²) in [7, 11) is 0. The number of carbonyl (C=O) groups excluding carboxylic acids is 1. The van der Waals surface area contributed by atoms with Crippen LogP contribution in [0.25, 0.3) is 22.3 Å². The van der Waals surface area contributed by atoms with E-state index >= 15 is 0 Å². The Bertz CT molecular complexity index is 1090. The van der Waals surface area contributed by atoms with Crippen LogP contribution in [0.4, 0.5) is 10.1 Å². The van der Waals surface area contributed by atoms with Gasteiger partial charge >= 0.3 is 0 Å². The average Bonchev–Trinajstić information content (AvgIpc) is 3.07. The van der Waals surface area contributed by atoms with E-state index in [0.717, 1.165) is 33.5 Å². The average molecular weight is 374 g/mol. The second-order valence-electron chi connectivity index (χ2n) is 6.52. The Labute approximate surface area is 161 Å². The van der Waals surface area contributed by atoms with Crippen LogP contribution in [0.15, 0.2) is 67.1 Å². The van der Waals surface area contributed by atoms with E-state index in [4.69, 9.17) is 0 Å². The van der Waals surface area contributed by atoms with Gasteiger partial charge in [0.25, 0.3) is 0 Å². The van der Waals surface area contributed by atoms with E-state index in [1.165, 1.54) is 12.1 Å². The van der Waals surface area contributed by atoms with E-state index in [0.29, 0.717) is 19.3 Å². The molecule has 0 aliphatic heterocycles. The third-order valence-electron chi connectivity index (χ3n) is 4.58. The highest BCUT2D eigenvalue weighted by atomic mass is 19.1. The zero-order valence-electron chi connectivity index (χ0n) is 15.2. The van der Waals surface area contributed by atoms with Crippen molar-refractivity contribution in [1.29, 1.82) is 0 Å². The van der Waals surface area contributed by atoms with Gasteiger partial charge in [0.1, 0.15) is 5.82 Å². The van der Waals surface area contributed by atoms with Gasteiger partial charge in [-0.2, -0.15) is 0 Å². The molecule has 0 saturated heterocycles. The number of hydrogen-bond acceptors (Lipinski definition) is 3. The minimum Gasteiger partial charge on any atom is -0.353 e. The monoisotopic (exact) mass is 374 g/mol. The second-order valence-corrected chi connectivity index (χ2v) is 6.52. The summed E-state index contributed by atoms with van der Waals surface area (Å²) >= 11 is 0. The van der Waals surface area contributed by atoms with Crippen molar-refractivity contribution in [3.8, 4) is 11.4 Å². The number of aromatic nitrogens is 3. The number of hydrogen-bond donors (Lipinski definition) is 2. The predicted molar refractivity (Wildman–Crippen MR) is 107 cm³/mol. The lowest BCUT2D eigenvalue weighted by Gasteiger charge is -2.06. The number of fused-ring (bicyclic) bond motifs is 1. The number of nitrogens with zero attached hydrogens (tertiary/aromatic N) is 2. The summed E-state index contributed by atoms with van der Waals surface area (Å²) in [6, 6.07) is 13.9. The molecule has 1 amide bonds. The molecule has 3 heterocycles. The van der Waals surface area contributed by atoms with Gasteiger partial charge in [-0.1, -0.05) is 6.07 Å². The van der Waals surface area contributed by atoms with Gasteiger partial charge in [-0.05, 0) is 60.9 Å². The van der Waals surface area contributed by atoms with Crippen LogP contribution >= 0.6 is 0 Å². The first-order valence-corrected chi connectivity index (χ1v) is 9.12. The number of aromatic amines is 1. The molecule has 0 atom stereocenters. The van der Waals surface area contributed by atoms with Gasteiger partial charge < -0.3 is 10.3 Å². The van der Waals surface area contributed by atoms with Gasteiger partial charge in [-0.15, -0.1) is 0 Å². The zero-order valence-corrected chi connectivity index (χ0v) is 15.2. The number of benzene rings is 1. The quantitative estimate of drug-likeness (QED) is 0.513. The molecule has 0 spiro atoms. The molecule has 4 rings (SSSR count). The van der Waals surface area contributed by atoms with Gasteiger partial charge in [0.05, 0.1) is 11.4 Å². The molecule has 5 nitrogen and oxygen atoms in total. The second kappa shape index (κ2) is 8.00. The Morgan fingerprint density at radius 3 is 2.71 bits per heavy atom. The third-order valence-corrected chi connectivity index (χ3v) is 4.58. The van der Waals surface area contributed by atoms with Crippen molar-refractivity contribution < 1.29 is 9.18 Å². The molecule has 140 valence electrons. The number of carbonyl (C=O) groups is 1. The first-order chi connectivity index (χ1) is 13.7. The molecule has 0 aliphatic rings. The third kappa shape index (κ3) is 3.91. The van der Waals surface area contributed by atoms with Crippen molar-refractivity contribution >= 4 is 22.5 Å². The van der Waals surface area contributed by atoms with E-state index in [-0.39, 0.29) is 11.7 Å². The highest BCUT2D eigenvalue weighted by molar-refractivity contribution is 5.91. The van der Waals surface area contributed by atoms with Crippen LogP contribution in [0, 0.1) is 5.82 Å². The number of aryl methyl sites for hydroxylation is 1. The van der Waals surface area contributed by atoms with E-state index in [2.05, 4.69) is 20.3 Å². The molecule has 1 aromatic carbocycles. The zero-order chi connectivity index (χ0) is 19.3. The summed E-state index contributed by atoms with van der Waals surface area (Å²) in [6.45, 7) is 0. The van der Waals surface area contributed by atoms with E-state index in [1.807, 2.05) is 18.2 Å². The van der Waals surface area contributed by atoms with Crippen molar-refractivity contribution in [2.75, 3.05) is 5.32 Å². The number of pyridine rings is 2. The molecule has 6 heteroatoms. The summed E-state index contributed by atoms with van der Waals surface area (Å²) in [5.74, 6) is -0.340. The maximum atomic E-state index is 13.8. The summed E-state index contributed by atoms with van der Waals surface area (Å²) in [5, 5.41) is 3.68. The van der Waals surface area contributed by atoms with Crippen molar-refractivity contribution in [3.63, 3.8) is 0 Å². The molecular formula is C22H19FN4O. The molecule has 4 aromatic rings. The SMILES string of the molecule is O=C(CCCc1c(-c2ccccn2)[nH]c2ccc(F)cc12)Nc1ccncc1. The van der Waals surface area contributed by atoms with Crippen molar-refractivity contribution in [2.45, 2.75) is 19.3 Å². The topological polar surface area (TPSA) is 70.7 Å². The fraction of sp³-hybridized carbons (Fsp3) is 0.136. The maximum absolute atomic E-state index is 13.8. The van der Waals surface area contributed by atoms with E-state index < -0.39 is 0 Å². The number of nitrogens with one attached hydrogen (secondary N) is 2. The lowest BCUT2D eigenvalue weighted by atomic mass is 10.0.